The Hall–Kier alpha value is -1.46. The van der Waals surface area contributed by atoms with Gasteiger partial charge in [-0.15, -0.1) is 0 Å². The van der Waals surface area contributed by atoms with Crippen LogP contribution in [0.4, 0.5) is 11.4 Å². The van der Waals surface area contributed by atoms with Crippen LogP contribution in [0.2, 0.25) is 0 Å². The van der Waals surface area contributed by atoms with Gasteiger partial charge in [-0.2, -0.15) is 0 Å². The Balaban J connectivity index is 1.37. The molecule has 0 bridgehead atoms. The molecule has 1 aromatic rings. The molecule has 0 aromatic heterocycles. The molecule has 2 aliphatic heterocycles. The second-order valence-electron chi connectivity index (χ2n) is 7.76. The maximum absolute atomic E-state index is 5.94. The average Bonchev–Trinajstić information content (AvgIpc) is 3.39. The van der Waals surface area contributed by atoms with E-state index in [0.29, 0.717) is 11.2 Å². The molecule has 1 aromatic carbocycles. The Labute approximate surface area is 145 Å². The quantitative estimate of drug-likeness (QED) is 0.859. The molecule has 24 heavy (non-hydrogen) atoms. The van der Waals surface area contributed by atoms with E-state index in [2.05, 4.69) is 33.9 Å². The molecule has 132 valence electrons. The van der Waals surface area contributed by atoms with Crippen molar-refractivity contribution in [1.82, 2.24) is 9.80 Å². The van der Waals surface area contributed by atoms with E-state index in [1.807, 2.05) is 6.07 Å². The van der Waals surface area contributed by atoms with Crippen LogP contribution in [0, 0.1) is 0 Å². The third-order valence-electron chi connectivity index (χ3n) is 6.42. The van der Waals surface area contributed by atoms with Gasteiger partial charge in [-0.1, -0.05) is 0 Å². The van der Waals surface area contributed by atoms with Crippen LogP contribution in [0.1, 0.15) is 25.7 Å². The van der Waals surface area contributed by atoms with Crippen molar-refractivity contribution >= 4 is 11.4 Å². The molecule has 1 spiro atoms. The van der Waals surface area contributed by atoms with E-state index in [4.69, 9.17) is 10.5 Å². The Kier molecular flexibility index (Phi) is 4.09. The number of benzene rings is 1. The number of anilines is 2. The van der Waals surface area contributed by atoms with Crippen LogP contribution in [-0.2, 0) is 0 Å². The molecule has 5 heteroatoms. The summed E-state index contributed by atoms with van der Waals surface area (Å²) in [4.78, 5) is 7.84. The van der Waals surface area contributed by atoms with Crippen LogP contribution in [0.3, 0.4) is 0 Å². The Bertz CT molecular complexity index is 593. The minimum absolute atomic E-state index is 0.527. The van der Waals surface area contributed by atoms with Crippen LogP contribution in [0.25, 0.3) is 0 Å². The van der Waals surface area contributed by atoms with Crippen molar-refractivity contribution in [2.24, 2.45) is 0 Å². The van der Waals surface area contributed by atoms with E-state index < -0.39 is 0 Å². The second kappa shape index (κ2) is 6.12. The number of nitrogens with zero attached hydrogens (tertiary/aromatic N) is 3. The van der Waals surface area contributed by atoms with Gasteiger partial charge in [-0.25, -0.2) is 0 Å². The molecule has 0 amide bonds. The molecule has 2 N–H and O–H groups in total. The van der Waals surface area contributed by atoms with Gasteiger partial charge in [0.05, 0.1) is 12.8 Å². The van der Waals surface area contributed by atoms with Gasteiger partial charge in [0.15, 0.2) is 0 Å². The number of piperazine rings is 1. The highest BCUT2D eigenvalue weighted by Gasteiger charge is 2.50. The first kappa shape index (κ1) is 16.0. The first-order valence-electron chi connectivity index (χ1n) is 9.25. The van der Waals surface area contributed by atoms with Gasteiger partial charge in [0.2, 0.25) is 0 Å². The Morgan fingerprint density at radius 1 is 1.12 bits per heavy atom. The smallest absolute Gasteiger partial charge is 0.143 e. The zero-order chi connectivity index (χ0) is 16.7. The third-order valence-corrected chi connectivity index (χ3v) is 6.42. The molecule has 2 heterocycles. The molecular weight excluding hydrogens is 300 g/mol. The van der Waals surface area contributed by atoms with E-state index in [1.54, 1.807) is 7.11 Å². The number of methoxy groups -OCH3 is 1. The predicted octanol–water partition coefficient (Wildman–Crippen LogP) is 2.03. The van der Waals surface area contributed by atoms with Gasteiger partial charge in [-0.05, 0) is 44.9 Å². The van der Waals surface area contributed by atoms with Crippen molar-refractivity contribution in [3.05, 3.63) is 18.2 Å². The van der Waals surface area contributed by atoms with Crippen LogP contribution in [0.5, 0.6) is 5.75 Å². The van der Waals surface area contributed by atoms with Crippen LogP contribution in [-0.4, -0.2) is 68.3 Å². The van der Waals surface area contributed by atoms with Crippen molar-refractivity contribution in [3.8, 4) is 5.75 Å². The van der Waals surface area contributed by atoms with Crippen LogP contribution >= 0.6 is 0 Å². The van der Waals surface area contributed by atoms with Gasteiger partial charge >= 0.3 is 0 Å². The lowest BCUT2D eigenvalue weighted by Crippen LogP contribution is -2.57. The number of ether oxygens (including phenoxy) is 1. The summed E-state index contributed by atoms with van der Waals surface area (Å²) in [5, 5.41) is 0. The van der Waals surface area contributed by atoms with Crippen LogP contribution in [0.15, 0.2) is 18.2 Å². The molecule has 0 atom stereocenters. The largest absolute Gasteiger partial charge is 0.495 e. The Morgan fingerprint density at radius 3 is 2.54 bits per heavy atom. The van der Waals surface area contributed by atoms with Crippen molar-refractivity contribution < 1.29 is 4.74 Å². The number of rotatable bonds is 3. The summed E-state index contributed by atoms with van der Waals surface area (Å²) in [6.07, 6.45) is 5.30. The molecule has 0 radical (unpaired) electrons. The molecule has 3 aliphatic rings. The summed E-state index contributed by atoms with van der Waals surface area (Å²) in [6, 6.07) is 6.90. The average molecular weight is 330 g/mol. The van der Waals surface area contributed by atoms with Gasteiger partial charge in [0.1, 0.15) is 5.75 Å². The lowest BCUT2D eigenvalue weighted by Gasteiger charge is -2.46. The number of nitrogen functional groups attached to an aromatic ring is 1. The highest BCUT2D eigenvalue weighted by molar-refractivity contribution is 5.62. The summed E-state index contributed by atoms with van der Waals surface area (Å²) in [7, 11) is 3.99. The summed E-state index contributed by atoms with van der Waals surface area (Å²) < 4.78 is 5.37. The number of likely N-dealkylation sites (N-methyl/N-ethyl adjacent to an activating group) is 1. The van der Waals surface area contributed by atoms with Gasteiger partial charge in [-0.3, -0.25) is 9.80 Å². The van der Waals surface area contributed by atoms with Crippen LogP contribution < -0.4 is 15.4 Å². The first-order valence-corrected chi connectivity index (χ1v) is 9.25. The number of nitrogens with two attached hydrogens (primary N) is 1. The van der Waals surface area contributed by atoms with Gasteiger partial charge in [0.25, 0.3) is 0 Å². The monoisotopic (exact) mass is 330 g/mol. The van der Waals surface area contributed by atoms with Gasteiger partial charge in [0, 0.05) is 56.1 Å². The fourth-order valence-electron chi connectivity index (χ4n) is 4.47. The lowest BCUT2D eigenvalue weighted by molar-refractivity contribution is 0.0434. The fourth-order valence-corrected chi connectivity index (χ4v) is 4.47. The molecule has 5 nitrogen and oxygen atoms in total. The zero-order valence-electron chi connectivity index (χ0n) is 15.0. The molecule has 0 unspecified atom stereocenters. The first-order chi connectivity index (χ1) is 11.6. The molecule has 4 rings (SSSR count). The van der Waals surface area contributed by atoms with E-state index in [9.17, 15) is 0 Å². The maximum atomic E-state index is 5.94. The van der Waals surface area contributed by atoms with E-state index in [-0.39, 0.29) is 0 Å². The standard InChI is InChI=1S/C19H30N4O/c1-21-11-12-23(14-19(21)7-8-19)15-5-9-22(10-6-15)16-3-4-17(20)18(13-16)24-2/h3-4,13,15H,5-12,14,20H2,1-2H3. The van der Waals surface area contributed by atoms with Gasteiger partial charge < -0.3 is 15.4 Å². The summed E-state index contributed by atoms with van der Waals surface area (Å²) in [6.45, 7) is 5.99. The zero-order valence-corrected chi connectivity index (χ0v) is 15.0. The van der Waals surface area contributed by atoms with Crippen molar-refractivity contribution in [3.63, 3.8) is 0 Å². The topological polar surface area (TPSA) is 45.0 Å². The predicted molar refractivity (Wildman–Crippen MR) is 98.8 cm³/mol. The highest BCUT2D eigenvalue weighted by atomic mass is 16.5. The molecule has 1 aliphatic carbocycles. The Morgan fingerprint density at radius 2 is 1.88 bits per heavy atom. The van der Waals surface area contributed by atoms with Crippen molar-refractivity contribution in [1.29, 1.82) is 0 Å². The summed E-state index contributed by atoms with van der Waals surface area (Å²) in [5.74, 6) is 0.782. The summed E-state index contributed by atoms with van der Waals surface area (Å²) >= 11 is 0. The maximum Gasteiger partial charge on any atom is 0.143 e. The molecule has 2 saturated heterocycles. The molecular formula is C19H30N4O. The minimum atomic E-state index is 0.527. The summed E-state index contributed by atoms with van der Waals surface area (Å²) in [5.41, 5.74) is 8.41. The lowest BCUT2D eigenvalue weighted by atomic mass is 9.99. The van der Waals surface area contributed by atoms with E-state index in [1.165, 1.54) is 51.0 Å². The van der Waals surface area contributed by atoms with Crippen molar-refractivity contribution in [2.75, 3.05) is 57.5 Å². The second-order valence-corrected chi connectivity index (χ2v) is 7.76. The number of piperidine rings is 1. The third kappa shape index (κ3) is 2.84. The normalized spacial score (nSPS) is 25.2. The van der Waals surface area contributed by atoms with E-state index in [0.717, 1.165) is 24.9 Å². The minimum Gasteiger partial charge on any atom is -0.495 e. The number of hydrogen-bond donors (Lipinski definition) is 1. The molecule has 3 fully saturated rings. The van der Waals surface area contributed by atoms with Crippen molar-refractivity contribution in [2.45, 2.75) is 37.3 Å². The van der Waals surface area contributed by atoms with E-state index >= 15 is 0 Å². The molecule has 1 saturated carbocycles. The number of hydrogen-bond acceptors (Lipinski definition) is 5. The highest BCUT2D eigenvalue weighted by Crippen LogP contribution is 2.44. The SMILES string of the molecule is COc1cc(N2CCC(N3CCN(C)C4(CC4)C3)CC2)ccc1N. The fraction of sp³-hybridized carbons (Fsp3) is 0.684.